The molecule has 0 heterocycles. The van der Waals surface area contributed by atoms with Crippen LogP contribution in [0.1, 0.15) is 20.8 Å². The summed E-state index contributed by atoms with van der Waals surface area (Å²) in [6.45, 7) is 3.44. The molecular weight excluding hydrogens is 255 g/mol. The molecule has 0 N–H and O–H groups in total. The third-order valence-corrected chi connectivity index (χ3v) is 1.28. The maximum absolute atomic E-state index is 10.6. The minimum atomic E-state index is -0.754. The van der Waals surface area contributed by atoms with Gasteiger partial charge in [0.05, 0.1) is 0 Å². The normalized spacial score (nSPS) is 9.00. The summed E-state index contributed by atoms with van der Waals surface area (Å²) in [5.41, 5.74) is 0. The van der Waals surface area contributed by atoms with E-state index in [1.807, 2.05) is 0 Å². The molecule has 0 spiro atoms. The van der Waals surface area contributed by atoms with Crippen molar-refractivity contribution in [3.8, 4) is 0 Å². The standard InChI is InChI=1S/C9H14O6.V/c1-6(10)13-4-9(15-8(3)12)5-14-7(2)11;/h9H,4-5H2,1-3H3;. The Bertz CT molecular complexity index is 234. The zero-order valence-corrected chi connectivity index (χ0v) is 10.8. The first-order valence-electron chi connectivity index (χ1n) is 4.35. The Morgan fingerprint density at radius 1 is 0.875 bits per heavy atom. The van der Waals surface area contributed by atoms with E-state index < -0.39 is 24.0 Å². The molecule has 91 valence electrons. The number of esters is 3. The van der Waals surface area contributed by atoms with E-state index >= 15 is 0 Å². The van der Waals surface area contributed by atoms with Crippen LogP contribution >= 0.6 is 0 Å². The van der Waals surface area contributed by atoms with E-state index in [0.29, 0.717) is 0 Å². The van der Waals surface area contributed by atoms with E-state index in [-0.39, 0.29) is 31.8 Å². The molecule has 0 aromatic rings. The molecule has 0 saturated heterocycles. The third-order valence-electron chi connectivity index (χ3n) is 1.28. The van der Waals surface area contributed by atoms with E-state index in [4.69, 9.17) is 4.74 Å². The molecule has 0 aliphatic rings. The minimum Gasteiger partial charge on any atom is -0.462 e. The fraction of sp³-hybridized carbons (Fsp3) is 0.667. The van der Waals surface area contributed by atoms with Crippen LogP contribution in [0.3, 0.4) is 0 Å². The van der Waals surface area contributed by atoms with Crippen LogP contribution in [0.15, 0.2) is 0 Å². The molecule has 0 aliphatic heterocycles. The van der Waals surface area contributed by atoms with Gasteiger partial charge < -0.3 is 14.2 Å². The van der Waals surface area contributed by atoms with Crippen LogP contribution in [0.4, 0.5) is 0 Å². The van der Waals surface area contributed by atoms with E-state index in [9.17, 15) is 14.4 Å². The fourth-order valence-corrected chi connectivity index (χ4v) is 0.771. The van der Waals surface area contributed by atoms with Crippen molar-refractivity contribution in [3.63, 3.8) is 0 Å². The summed E-state index contributed by atoms with van der Waals surface area (Å²) in [5.74, 6) is -1.51. The number of ether oxygens (including phenoxy) is 3. The van der Waals surface area contributed by atoms with Crippen molar-refractivity contribution in [3.05, 3.63) is 0 Å². The predicted molar refractivity (Wildman–Crippen MR) is 48.8 cm³/mol. The van der Waals surface area contributed by atoms with Crippen molar-refractivity contribution in [2.45, 2.75) is 26.9 Å². The molecule has 0 saturated carbocycles. The molecule has 0 atom stereocenters. The Hall–Kier alpha value is -1.01. The van der Waals surface area contributed by atoms with Gasteiger partial charge >= 0.3 is 17.9 Å². The number of carbonyl (C=O) groups excluding carboxylic acids is 3. The molecule has 0 aliphatic carbocycles. The van der Waals surface area contributed by atoms with Crippen molar-refractivity contribution in [2.24, 2.45) is 0 Å². The van der Waals surface area contributed by atoms with E-state index in [1.165, 1.54) is 20.8 Å². The average Bonchev–Trinajstić information content (AvgIpc) is 2.08. The van der Waals surface area contributed by atoms with Crippen LogP contribution in [-0.2, 0) is 47.1 Å². The van der Waals surface area contributed by atoms with Gasteiger partial charge in [-0.05, 0) is 0 Å². The first-order chi connectivity index (χ1) is 6.91. The van der Waals surface area contributed by atoms with Crippen molar-refractivity contribution >= 4 is 17.9 Å². The van der Waals surface area contributed by atoms with Crippen LogP contribution in [-0.4, -0.2) is 37.2 Å². The zero-order valence-electron chi connectivity index (χ0n) is 9.39. The predicted octanol–water partition coefficient (Wildman–Crippen LogP) is 0.0418. The minimum absolute atomic E-state index is 0. The van der Waals surface area contributed by atoms with Crippen LogP contribution < -0.4 is 0 Å². The summed E-state index contributed by atoms with van der Waals surface area (Å²) in [4.78, 5) is 31.6. The van der Waals surface area contributed by atoms with Gasteiger partial charge in [-0.3, -0.25) is 14.4 Å². The number of hydrogen-bond acceptors (Lipinski definition) is 6. The number of rotatable bonds is 5. The first kappa shape index (κ1) is 17.4. The van der Waals surface area contributed by atoms with Gasteiger partial charge in [0.15, 0.2) is 6.10 Å². The van der Waals surface area contributed by atoms with Gasteiger partial charge in [-0.25, -0.2) is 0 Å². The Morgan fingerprint density at radius 2 is 1.25 bits per heavy atom. The Labute approximate surface area is 105 Å². The zero-order chi connectivity index (χ0) is 11.8. The second kappa shape index (κ2) is 9.24. The summed E-state index contributed by atoms with van der Waals surface area (Å²) in [7, 11) is 0. The molecule has 0 fully saturated rings. The molecule has 0 aromatic carbocycles. The maximum atomic E-state index is 10.6. The summed E-state index contributed by atoms with van der Waals surface area (Å²) in [6.07, 6.45) is -0.754. The van der Waals surface area contributed by atoms with Crippen LogP contribution in [0.25, 0.3) is 0 Å². The van der Waals surface area contributed by atoms with Crippen molar-refractivity contribution < 1.29 is 47.1 Å². The molecule has 0 aromatic heterocycles. The summed E-state index contributed by atoms with van der Waals surface area (Å²) in [6, 6.07) is 0. The summed E-state index contributed by atoms with van der Waals surface area (Å²) in [5, 5.41) is 0. The largest absolute Gasteiger partial charge is 0.462 e. The van der Waals surface area contributed by atoms with Gasteiger partial charge in [0.25, 0.3) is 0 Å². The van der Waals surface area contributed by atoms with E-state index in [2.05, 4.69) is 9.47 Å². The van der Waals surface area contributed by atoms with Gasteiger partial charge in [-0.15, -0.1) is 0 Å². The van der Waals surface area contributed by atoms with Gasteiger partial charge in [-0.1, -0.05) is 0 Å². The van der Waals surface area contributed by atoms with Gasteiger partial charge in [-0.2, -0.15) is 0 Å². The number of carbonyl (C=O) groups is 3. The van der Waals surface area contributed by atoms with E-state index in [1.54, 1.807) is 0 Å². The molecule has 7 heteroatoms. The van der Waals surface area contributed by atoms with Gasteiger partial charge in [0, 0.05) is 39.3 Å². The Morgan fingerprint density at radius 3 is 1.50 bits per heavy atom. The monoisotopic (exact) mass is 269 g/mol. The quantitative estimate of drug-likeness (QED) is 0.518. The summed E-state index contributed by atoms with van der Waals surface area (Å²) < 4.78 is 14.0. The van der Waals surface area contributed by atoms with Crippen molar-refractivity contribution in [2.75, 3.05) is 13.2 Å². The molecule has 16 heavy (non-hydrogen) atoms. The first-order valence-corrected chi connectivity index (χ1v) is 4.35. The smallest absolute Gasteiger partial charge is 0.303 e. The van der Waals surface area contributed by atoms with Gasteiger partial charge in [0.2, 0.25) is 0 Å². The molecule has 0 rings (SSSR count). The second-order valence-electron chi connectivity index (χ2n) is 2.84. The molecule has 6 nitrogen and oxygen atoms in total. The van der Waals surface area contributed by atoms with E-state index in [0.717, 1.165) is 0 Å². The third kappa shape index (κ3) is 11.1. The summed E-state index contributed by atoms with van der Waals surface area (Å²) >= 11 is 0. The second-order valence-corrected chi connectivity index (χ2v) is 2.84. The topological polar surface area (TPSA) is 78.9 Å². The molecule has 0 unspecified atom stereocenters. The SMILES string of the molecule is CC(=O)OCC(COC(C)=O)OC(C)=O.[V]. The van der Waals surface area contributed by atoms with Gasteiger partial charge in [0.1, 0.15) is 13.2 Å². The number of hydrogen-bond donors (Lipinski definition) is 0. The van der Waals surface area contributed by atoms with Crippen molar-refractivity contribution in [1.29, 1.82) is 0 Å². The maximum Gasteiger partial charge on any atom is 0.303 e. The Balaban J connectivity index is 0. The van der Waals surface area contributed by atoms with Crippen molar-refractivity contribution in [1.82, 2.24) is 0 Å². The average molecular weight is 269 g/mol. The van der Waals surface area contributed by atoms with Crippen LogP contribution in [0.5, 0.6) is 0 Å². The Kier molecular flexibility index (Phi) is 10.0. The molecule has 1 radical (unpaired) electrons. The molecule has 0 bridgehead atoms. The molecular formula is C9H14O6V. The fourth-order valence-electron chi connectivity index (χ4n) is 0.771. The van der Waals surface area contributed by atoms with Crippen LogP contribution in [0, 0.1) is 0 Å². The molecule has 0 amide bonds. The van der Waals surface area contributed by atoms with Crippen LogP contribution in [0.2, 0.25) is 0 Å².